The molecule has 0 bridgehead atoms. The smallest absolute Gasteiger partial charge is 0.0460 e. The van der Waals surface area contributed by atoms with Crippen LogP contribution in [0.1, 0.15) is 26.2 Å². The van der Waals surface area contributed by atoms with Crippen molar-refractivity contribution in [1.29, 1.82) is 0 Å². The molecule has 0 aromatic heterocycles. The summed E-state index contributed by atoms with van der Waals surface area (Å²) in [5, 5.41) is 0. The Morgan fingerprint density at radius 2 is 2.33 bits per heavy atom. The van der Waals surface area contributed by atoms with Gasteiger partial charge in [-0.25, -0.2) is 0 Å². The van der Waals surface area contributed by atoms with E-state index in [0.29, 0.717) is 0 Å². The van der Waals surface area contributed by atoms with Gasteiger partial charge in [-0.05, 0) is 28.6 Å². The van der Waals surface area contributed by atoms with Crippen LogP contribution < -0.4 is 0 Å². The predicted molar refractivity (Wildman–Crippen MR) is 50.1 cm³/mol. The second kappa shape index (κ2) is 6.69. The van der Waals surface area contributed by atoms with Crippen LogP contribution in [0.5, 0.6) is 0 Å². The first kappa shape index (κ1) is 9.57. The lowest BCUT2D eigenvalue weighted by Crippen LogP contribution is -1.67. The molecule has 0 unspecified atom stereocenters. The van der Waals surface area contributed by atoms with E-state index >= 15 is 0 Å². The van der Waals surface area contributed by atoms with Gasteiger partial charge in [0.1, 0.15) is 0 Å². The summed E-state index contributed by atoms with van der Waals surface area (Å²) in [5.74, 6) is 0. The number of unbranched alkanes of at least 4 members (excludes halogenated alkanes) is 2. The van der Waals surface area contributed by atoms with Crippen molar-refractivity contribution < 1.29 is 0 Å². The fourth-order valence-electron chi connectivity index (χ4n) is 0.503. The van der Waals surface area contributed by atoms with Crippen LogP contribution >= 0.6 is 27.7 Å². The zero-order valence-corrected chi connectivity index (χ0v) is 8.39. The van der Waals surface area contributed by atoms with E-state index in [-0.39, 0.29) is 0 Å². The summed E-state index contributed by atoms with van der Waals surface area (Å²) in [4.78, 5) is 0. The lowest BCUT2D eigenvalue weighted by atomic mass is 10.2. The summed E-state index contributed by atoms with van der Waals surface area (Å²) in [7, 11) is 0. The molecule has 0 saturated heterocycles. The highest BCUT2D eigenvalue weighted by Gasteiger charge is 1.84. The average Bonchev–Trinajstić information content (AvgIpc) is 1.89. The van der Waals surface area contributed by atoms with Crippen molar-refractivity contribution >= 4 is 27.7 Å². The Morgan fingerprint density at radius 1 is 1.67 bits per heavy atom. The predicted octanol–water partition coefficient (Wildman–Crippen LogP) is 3.78. The molecular formula is C7H13BrS. The van der Waals surface area contributed by atoms with E-state index in [4.69, 9.17) is 0 Å². The Bertz CT molecular complexity index is 88.9. The molecule has 0 aromatic rings. The third-order valence-corrected chi connectivity index (χ3v) is 2.91. The van der Waals surface area contributed by atoms with Gasteiger partial charge in [0.05, 0.1) is 0 Å². The molecule has 0 rings (SSSR count). The fraction of sp³-hybridized carbons (Fsp3) is 0.714. The first-order valence-electron chi connectivity index (χ1n) is 3.21. The first-order valence-corrected chi connectivity index (χ1v) is 5.22. The van der Waals surface area contributed by atoms with Gasteiger partial charge < -0.3 is 0 Å². The lowest BCUT2D eigenvalue weighted by Gasteiger charge is -1.91. The van der Waals surface area contributed by atoms with Gasteiger partial charge in [0.25, 0.3) is 0 Å². The van der Waals surface area contributed by atoms with Crippen LogP contribution in [0.25, 0.3) is 0 Å². The second-order valence-corrected chi connectivity index (χ2v) is 4.08. The lowest BCUT2D eigenvalue weighted by molar-refractivity contribution is 0.815. The minimum atomic E-state index is 1.21. The van der Waals surface area contributed by atoms with Crippen molar-refractivity contribution in [3.63, 3.8) is 0 Å². The minimum Gasteiger partial charge on any atom is -0.122 e. The molecule has 0 spiro atoms. The number of rotatable bonds is 4. The molecule has 0 saturated carbocycles. The maximum atomic E-state index is 3.43. The quantitative estimate of drug-likeness (QED) is 0.635. The molecule has 0 heterocycles. The average molecular weight is 209 g/mol. The van der Waals surface area contributed by atoms with Crippen LogP contribution in [-0.4, -0.2) is 6.26 Å². The Labute approximate surface area is 70.2 Å². The Kier molecular flexibility index (Phi) is 7.11. The van der Waals surface area contributed by atoms with Crippen molar-refractivity contribution in [2.75, 3.05) is 6.26 Å². The normalized spacial score (nSPS) is 12.1. The molecule has 0 radical (unpaired) electrons. The molecule has 0 amide bonds. The minimum absolute atomic E-state index is 1.21. The van der Waals surface area contributed by atoms with Gasteiger partial charge in [0.15, 0.2) is 0 Å². The van der Waals surface area contributed by atoms with Gasteiger partial charge in [-0.2, -0.15) is 0 Å². The summed E-state index contributed by atoms with van der Waals surface area (Å²) < 4.78 is 1.26. The number of hydrogen-bond donors (Lipinski definition) is 0. The number of thioether (sulfide) groups is 1. The van der Waals surface area contributed by atoms with E-state index in [0.717, 1.165) is 0 Å². The number of allylic oxidation sites excluding steroid dienone is 1. The Morgan fingerprint density at radius 3 is 2.78 bits per heavy atom. The standard InChI is InChI=1S/C7H13BrS/c1-3-4-5-6-7(8)9-2/h6H,3-5H2,1-2H3/b7-6+. The van der Waals surface area contributed by atoms with E-state index in [1.807, 2.05) is 0 Å². The maximum Gasteiger partial charge on any atom is 0.0460 e. The highest BCUT2D eigenvalue weighted by Crippen LogP contribution is 2.19. The van der Waals surface area contributed by atoms with E-state index in [1.165, 1.54) is 23.1 Å². The molecule has 0 fully saturated rings. The molecule has 0 N–H and O–H groups in total. The summed E-state index contributed by atoms with van der Waals surface area (Å²) in [6.07, 6.45) is 8.10. The monoisotopic (exact) mass is 208 g/mol. The molecule has 54 valence electrons. The molecule has 0 atom stereocenters. The maximum absolute atomic E-state index is 3.43. The first-order chi connectivity index (χ1) is 4.31. The topological polar surface area (TPSA) is 0 Å². The van der Waals surface area contributed by atoms with E-state index in [9.17, 15) is 0 Å². The van der Waals surface area contributed by atoms with E-state index in [2.05, 4.69) is 35.2 Å². The van der Waals surface area contributed by atoms with Crippen LogP contribution in [0.3, 0.4) is 0 Å². The van der Waals surface area contributed by atoms with E-state index in [1.54, 1.807) is 11.8 Å². The van der Waals surface area contributed by atoms with Crippen molar-refractivity contribution in [3.8, 4) is 0 Å². The fourth-order valence-corrected chi connectivity index (χ4v) is 1.02. The second-order valence-electron chi connectivity index (χ2n) is 1.85. The Balaban J connectivity index is 3.21. The van der Waals surface area contributed by atoms with Crippen LogP contribution in [0.15, 0.2) is 9.89 Å². The molecule has 0 aliphatic carbocycles. The zero-order chi connectivity index (χ0) is 7.11. The van der Waals surface area contributed by atoms with Gasteiger partial charge in [-0.3, -0.25) is 0 Å². The van der Waals surface area contributed by atoms with Crippen LogP contribution in [-0.2, 0) is 0 Å². The van der Waals surface area contributed by atoms with Gasteiger partial charge in [0.2, 0.25) is 0 Å². The van der Waals surface area contributed by atoms with Crippen LogP contribution in [0.4, 0.5) is 0 Å². The summed E-state index contributed by atoms with van der Waals surface area (Å²) in [6, 6.07) is 0. The molecule has 9 heavy (non-hydrogen) atoms. The summed E-state index contributed by atoms with van der Waals surface area (Å²) in [6.45, 7) is 2.21. The third kappa shape index (κ3) is 6.46. The van der Waals surface area contributed by atoms with Gasteiger partial charge in [-0.15, -0.1) is 11.8 Å². The molecule has 0 aliphatic rings. The van der Waals surface area contributed by atoms with Crippen LogP contribution in [0.2, 0.25) is 0 Å². The molecule has 0 nitrogen and oxygen atoms in total. The van der Waals surface area contributed by atoms with Crippen molar-refractivity contribution in [1.82, 2.24) is 0 Å². The zero-order valence-electron chi connectivity index (χ0n) is 5.98. The molecule has 0 aromatic carbocycles. The summed E-state index contributed by atoms with van der Waals surface area (Å²) in [5.41, 5.74) is 0. The SMILES string of the molecule is CCCC/C=C(\Br)SC. The van der Waals surface area contributed by atoms with E-state index < -0.39 is 0 Å². The largest absolute Gasteiger partial charge is 0.122 e. The van der Waals surface area contributed by atoms with Crippen molar-refractivity contribution in [2.45, 2.75) is 26.2 Å². The Hall–Kier alpha value is 0.570. The van der Waals surface area contributed by atoms with Gasteiger partial charge in [0, 0.05) is 3.81 Å². The number of halogens is 1. The van der Waals surface area contributed by atoms with Crippen molar-refractivity contribution in [3.05, 3.63) is 9.89 Å². The van der Waals surface area contributed by atoms with Crippen molar-refractivity contribution in [2.24, 2.45) is 0 Å². The highest BCUT2D eigenvalue weighted by molar-refractivity contribution is 9.14. The van der Waals surface area contributed by atoms with Gasteiger partial charge >= 0.3 is 0 Å². The van der Waals surface area contributed by atoms with Crippen LogP contribution in [0, 0.1) is 0 Å². The highest BCUT2D eigenvalue weighted by atomic mass is 79.9. The number of hydrogen-bond acceptors (Lipinski definition) is 1. The molecular weight excluding hydrogens is 196 g/mol. The molecule has 2 heteroatoms. The third-order valence-electron chi connectivity index (χ3n) is 1.06. The molecule has 0 aliphatic heterocycles. The summed E-state index contributed by atoms with van der Waals surface area (Å²) >= 11 is 5.18. The van der Waals surface area contributed by atoms with Gasteiger partial charge in [-0.1, -0.05) is 25.8 Å².